The summed E-state index contributed by atoms with van der Waals surface area (Å²) >= 11 is 1.37. The van der Waals surface area contributed by atoms with E-state index in [1.54, 1.807) is 55.5 Å². The monoisotopic (exact) mass is 545 g/mol. The van der Waals surface area contributed by atoms with Crippen molar-refractivity contribution in [2.24, 2.45) is 5.92 Å². The minimum absolute atomic E-state index is 0.0903. The van der Waals surface area contributed by atoms with Gasteiger partial charge in [0.1, 0.15) is 21.7 Å². The van der Waals surface area contributed by atoms with Gasteiger partial charge in [0.15, 0.2) is 5.13 Å². The Morgan fingerprint density at radius 1 is 1.11 bits per heavy atom. The first-order chi connectivity index (χ1) is 17.9. The molecular weight excluding hydrogens is 514 g/mol. The molecule has 2 atom stereocenters. The van der Waals surface area contributed by atoms with Gasteiger partial charge in [0, 0.05) is 19.7 Å². The molecule has 2 aliphatic rings. The number of carbonyl (C=O) groups excluding carboxylic acids is 1. The first-order valence-electron chi connectivity index (χ1n) is 12.4. The van der Waals surface area contributed by atoms with Crippen LogP contribution in [0.4, 0.5) is 5.13 Å². The van der Waals surface area contributed by atoms with Gasteiger partial charge in [0.05, 0.1) is 37.7 Å². The predicted molar refractivity (Wildman–Crippen MR) is 142 cm³/mol. The molecule has 0 radical (unpaired) electrons. The van der Waals surface area contributed by atoms with Gasteiger partial charge >= 0.3 is 0 Å². The Hall–Kier alpha value is -2.73. The average Bonchev–Trinajstić information content (AvgIpc) is 3.62. The van der Waals surface area contributed by atoms with Crippen molar-refractivity contribution >= 4 is 42.6 Å². The normalized spacial score (nSPS) is 20.7. The standard InChI is InChI=1S/C26H31N3O6S2/c1-33-21-12-13-22(34-2)24-23(21)27-26(36-24)29(17-19-9-7-15-35-19)25(30)18-8-6-14-28(16-18)37(31,32)20-10-4-3-5-11-20/h3-5,10-13,18-19H,6-9,14-17H2,1-2H3. The smallest absolute Gasteiger partial charge is 0.243 e. The number of fused-ring (bicyclic) bond motifs is 1. The number of sulfonamides is 1. The number of piperidine rings is 1. The van der Waals surface area contributed by atoms with Gasteiger partial charge in [-0.15, -0.1) is 0 Å². The first kappa shape index (κ1) is 25.9. The van der Waals surface area contributed by atoms with Crippen LogP contribution in [0, 0.1) is 5.92 Å². The molecule has 198 valence electrons. The van der Waals surface area contributed by atoms with Crippen molar-refractivity contribution in [3.05, 3.63) is 42.5 Å². The van der Waals surface area contributed by atoms with Crippen molar-refractivity contribution < 1.29 is 27.4 Å². The molecule has 1 aromatic heterocycles. The lowest BCUT2D eigenvalue weighted by atomic mass is 9.98. The number of amides is 1. The lowest BCUT2D eigenvalue weighted by Gasteiger charge is -2.34. The minimum atomic E-state index is -3.69. The summed E-state index contributed by atoms with van der Waals surface area (Å²) in [5.74, 6) is 0.632. The van der Waals surface area contributed by atoms with E-state index in [0.717, 1.165) is 17.5 Å². The van der Waals surface area contributed by atoms with E-state index >= 15 is 0 Å². The van der Waals surface area contributed by atoms with Crippen molar-refractivity contribution in [2.75, 3.05) is 45.4 Å². The molecule has 11 heteroatoms. The third kappa shape index (κ3) is 5.18. The van der Waals surface area contributed by atoms with Crippen LogP contribution in [0.3, 0.4) is 0 Å². The minimum Gasteiger partial charge on any atom is -0.495 e. The second-order valence-corrected chi connectivity index (χ2v) is 12.2. The average molecular weight is 546 g/mol. The molecule has 2 saturated heterocycles. The van der Waals surface area contributed by atoms with Crippen LogP contribution in [0.1, 0.15) is 25.7 Å². The molecule has 2 unspecified atom stereocenters. The number of rotatable bonds is 8. The molecule has 3 heterocycles. The van der Waals surface area contributed by atoms with Crippen molar-refractivity contribution in [3.8, 4) is 11.5 Å². The van der Waals surface area contributed by atoms with Crippen LogP contribution in [0.5, 0.6) is 11.5 Å². The van der Waals surface area contributed by atoms with E-state index in [-0.39, 0.29) is 23.5 Å². The molecule has 0 bridgehead atoms. The number of hydrogen-bond donors (Lipinski definition) is 0. The summed E-state index contributed by atoms with van der Waals surface area (Å²) in [6.45, 7) is 1.56. The van der Waals surface area contributed by atoms with E-state index < -0.39 is 15.9 Å². The van der Waals surface area contributed by atoms with E-state index in [2.05, 4.69) is 0 Å². The van der Waals surface area contributed by atoms with Crippen molar-refractivity contribution in [3.63, 3.8) is 0 Å². The maximum atomic E-state index is 14.0. The number of benzene rings is 2. The Balaban J connectivity index is 1.46. The summed E-state index contributed by atoms with van der Waals surface area (Å²) in [6, 6.07) is 12.0. The number of ether oxygens (including phenoxy) is 3. The molecular formula is C26H31N3O6S2. The first-order valence-corrected chi connectivity index (χ1v) is 14.7. The van der Waals surface area contributed by atoms with Gasteiger partial charge in [0.2, 0.25) is 15.9 Å². The molecule has 3 aromatic rings. The third-order valence-electron chi connectivity index (χ3n) is 6.92. The van der Waals surface area contributed by atoms with E-state index in [1.165, 1.54) is 15.6 Å². The molecule has 0 aliphatic carbocycles. The second kappa shape index (κ2) is 10.9. The van der Waals surface area contributed by atoms with Gasteiger partial charge in [-0.3, -0.25) is 9.69 Å². The molecule has 0 N–H and O–H groups in total. The van der Waals surface area contributed by atoms with Gasteiger partial charge in [0.25, 0.3) is 0 Å². The Kier molecular flexibility index (Phi) is 7.66. The van der Waals surface area contributed by atoms with Gasteiger partial charge in [-0.1, -0.05) is 29.5 Å². The molecule has 1 amide bonds. The van der Waals surface area contributed by atoms with Crippen LogP contribution in [0.25, 0.3) is 10.2 Å². The predicted octanol–water partition coefficient (Wildman–Crippen LogP) is 3.93. The highest BCUT2D eigenvalue weighted by Crippen LogP contribution is 2.41. The van der Waals surface area contributed by atoms with Gasteiger partial charge < -0.3 is 14.2 Å². The lowest BCUT2D eigenvalue weighted by molar-refractivity contribution is -0.123. The Morgan fingerprint density at radius 3 is 2.57 bits per heavy atom. The topological polar surface area (TPSA) is 98.3 Å². The lowest BCUT2D eigenvalue weighted by Crippen LogP contribution is -2.48. The SMILES string of the molecule is COc1ccc(OC)c2sc(N(CC3CCCO3)C(=O)C3CCCN(S(=O)(=O)c4ccccc4)C3)nc12. The number of aromatic nitrogens is 1. The summed E-state index contributed by atoms with van der Waals surface area (Å²) in [6.07, 6.45) is 2.94. The van der Waals surface area contributed by atoms with Crippen LogP contribution >= 0.6 is 11.3 Å². The highest BCUT2D eigenvalue weighted by atomic mass is 32.2. The van der Waals surface area contributed by atoms with Gasteiger partial charge in [-0.25, -0.2) is 13.4 Å². The maximum absolute atomic E-state index is 14.0. The van der Waals surface area contributed by atoms with Crippen molar-refractivity contribution in [2.45, 2.75) is 36.7 Å². The molecule has 2 aromatic carbocycles. The highest BCUT2D eigenvalue weighted by Gasteiger charge is 2.37. The van der Waals surface area contributed by atoms with Crippen molar-refractivity contribution in [1.82, 2.24) is 9.29 Å². The summed E-state index contributed by atoms with van der Waals surface area (Å²) < 4.78 is 45.7. The zero-order chi connectivity index (χ0) is 26.0. The zero-order valence-corrected chi connectivity index (χ0v) is 22.6. The summed E-state index contributed by atoms with van der Waals surface area (Å²) in [5, 5.41) is 0.529. The number of anilines is 1. The van der Waals surface area contributed by atoms with Gasteiger partial charge in [-0.05, 0) is 49.9 Å². The second-order valence-electron chi connectivity index (χ2n) is 9.24. The summed E-state index contributed by atoms with van der Waals surface area (Å²) in [7, 11) is -0.508. The number of thiazole rings is 1. The van der Waals surface area contributed by atoms with Crippen LogP contribution in [0.2, 0.25) is 0 Å². The molecule has 5 rings (SSSR count). The molecule has 0 saturated carbocycles. The number of carbonyl (C=O) groups is 1. The Bertz CT molecular complexity index is 1310. The molecule has 2 fully saturated rings. The fourth-order valence-electron chi connectivity index (χ4n) is 4.97. The zero-order valence-electron chi connectivity index (χ0n) is 21.0. The van der Waals surface area contributed by atoms with Crippen LogP contribution in [0.15, 0.2) is 47.4 Å². The Labute approximate surface area is 221 Å². The quantitative estimate of drug-likeness (QED) is 0.423. The third-order valence-corrected chi connectivity index (χ3v) is 9.89. The molecule has 0 spiro atoms. The van der Waals surface area contributed by atoms with Crippen LogP contribution in [-0.2, 0) is 19.6 Å². The van der Waals surface area contributed by atoms with Crippen LogP contribution < -0.4 is 14.4 Å². The summed E-state index contributed by atoms with van der Waals surface area (Å²) in [4.78, 5) is 20.8. The van der Waals surface area contributed by atoms with E-state index in [9.17, 15) is 13.2 Å². The van der Waals surface area contributed by atoms with Gasteiger partial charge in [-0.2, -0.15) is 4.31 Å². The van der Waals surface area contributed by atoms with E-state index in [4.69, 9.17) is 19.2 Å². The fraction of sp³-hybridized carbons (Fsp3) is 0.462. The van der Waals surface area contributed by atoms with Crippen molar-refractivity contribution in [1.29, 1.82) is 0 Å². The largest absolute Gasteiger partial charge is 0.495 e. The van der Waals surface area contributed by atoms with Crippen LogP contribution in [-0.4, -0.2) is 70.2 Å². The molecule has 37 heavy (non-hydrogen) atoms. The highest BCUT2D eigenvalue weighted by molar-refractivity contribution is 7.89. The number of hydrogen-bond acceptors (Lipinski definition) is 8. The number of nitrogens with zero attached hydrogens (tertiary/aromatic N) is 3. The fourth-order valence-corrected chi connectivity index (χ4v) is 7.60. The van der Waals surface area contributed by atoms with E-state index in [0.29, 0.717) is 54.7 Å². The summed E-state index contributed by atoms with van der Waals surface area (Å²) in [5.41, 5.74) is 0.629. The molecule has 9 nitrogen and oxygen atoms in total. The maximum Gasteiger partial charge on any atom is 0.243 e. The number of methoxy groups -OCH3 is 2. The Morgan fingerprint density at radius 2 is 1.86 bits per heavy atom. The molecule has 2 aliphatic heterocycles. The van der Waals surface area contributed by atoms with E-state index in [1.807, 2.05) is 6.07 Å².